The summed E-state index contributed by atoms with van der Waals surface area (Å²) < 4.78 is 25.5. The van der Waals surface area contributed by atoms with E-state index in [9.17, 15) is 19.9 Å². The monoisotopic (exact) mass is 574 g/mol. The highest BCUT2D eigenvalue weighted by molar-refractivity contribution is 5.50. The largest absolute Gasteiger partial charge is 0.497 e. The maximum absolute atomic E-state index is 12.9. The fourth-order valence-electron chi connectivity index (χ4n) is 5.48. The standard InChI is InChI=1S/C32H34N2O8/c1-21-19-33(30(37)34(38)29(21)36)28-18-27(31(2,20-35)42-28)41-32(22-8-6-5-7-9-22,23-10-14-25(39-3)15-11-23)24-12-16-26(40-4)17-13-24/h5-17,19,27-28,35,38H,18,20H2,1-4H3/t27?,28-,31-/m1/s1. The van der Waals surface area contributed by atoms with E-state index in [1.807, 2.05) is 78.9 Å². The molecule has 1 aliphatic heterocycles. The number of ether oxygens (including phenoxy) is 4. The summed E-state index contributed by atoms with van der Waals surface area (Å²) in [5, 5.41) is 20.7. The lowest BCUT2D eigenvalue weighted by atomic mass is 9.79. The minimum Gasteiger partial charge on any atom is -0.497 e. The van der Waals surface area contributed by atoms with Crippen LogP contribution in [0.1, 0.15) is 41.8 Å². The van der Waals surface area contributed by atoms with Gasteiger partial charge in [-0.25, -0.2) is 4.79 Å². The lowest BCUT2D eigenvalue weighted by molar-refractivity contribution is -0.154. The van der Waals surface area contributed by atoms with Gasteiger partial charge in [0, 0.05) is 18.2 Å². The van der Waals surface area contributed by atoms with Gasteiger partial charge in [-0.2, -0.15) is 0 Å². The summed E-state index contributed by atoms with van der Waals surface area (Å²) in [5.41, 5.74) is -1.65. The Hall–Kier alpha value is -4.38. The summed E-state index contributed by atoms with van der Waals surface area (Å²) in [6.07, 6.45) is -0.212. The van der Waals surface area contributed by atoms with Crippen LogP contribution < -0.4 is 20.7 Å². The van der Waals surface area contributed by atoms with E-state index in [1.165, 1.54) is 13.1 Å². The molecule has 2 N–H and O–H groups in total. The van der Waals surface area contributed by atoms with Gasteiger partial charge in [0.15, 0.2) is 0 Å². The molecule has 10 heteroatoms. The van der Waals surface area contributed by atoms with Gasteiger partial charge in [0.1, 0.15) is 28.9 Å². The maximum Gasteiger partial charge on any atom is 0.366 e. The van der Waals surface area contributed by atoms with Crippen LogP contribution in [-0.4, -0.2) is 52.1 Å². The molecule has 1 saturated heterocycles. The van der Waals surface area contributed by atoms with Gasteiger partial charge in [-0.3, -0.25) is 9.36 Å². The third-order valence-corrected chi connectivity index (χ3v) is 7.88. The van der Waals surface area contributed by atoms with Gasteiger partial charge < -0.3 is 29.3 Å². The minimum absolute atomic E-state index is 0.0616. The number of benzene rings is 3. The summed E-state index contributed by atoms with van der Waals surface area (Å²) in [6.45, 7) is 2.78. The molecule has 1 aliphatic rings. The highest BCUT2D eigenvalue weighted by Crippen LogP contribution is 2.47. The SMILES string of the molecule is COc1ccc(C(OC2C[C@H](n3cc(C)c(=O)n(O)c3=O)O[C@]2(C)CO)(c2ccccc2)c2ccc(OC)cc2)cc1. The van der Waals surface area contributed by atoms with Crippen molar-refractivity contribution in [3.63, 3.8) is 0 Å². The lowest BCUT2D eigenvalue weighted by Crippen LogP contribution is -2.47. The molecular weight excluding hydrogens is 540 g/mol. The average Bonchev–Trinajstić information content (AvgIpc) is 3.36. The van der Waals surface area contributed by atoms with E-state index in [0.29, 0.717) is 11.5 Å². The van der Waals surface area contributed by atoms with E-state index in [0.717, 1.165) is 21.3 Å². The zero-order valence-corrected chi connectivity index (χ0v) is 23.9. The van der Waals surface area contributed by atoms with E-state index >= 15 is 0 Å². The van der Waals surface area contributed by atoms with Crippen LogP contribution in [0.15, 0.2) is 94.6 Å². The van der Waals surface area contributed by atoms with Gasteiger partial charge in [0.05, 0.1) is 26.9 Å². The lowest BCUT2D eigenvalue weighted by Gasteiger charge is -2.41. The number of methoxy groups -OCH3 is 2. The Morgan fingerprint density at radius 1 is 0.905 bits per heavy atom. The van der Waals surface area contributed by atoms with E-state index < -0.39 is 41.4 Å². The van der Waals surface area contributed by atoms with E-state index in [1.54, 1.807) is 21.1 Å². The second kappa shape index (κ2) is 11.5. The maximum atomic E-state index is 12.9. The van der Waals surface area contributed by atoms with Crippen molar-refractivity contribution in [2.45, 2.75) is 43.8 Å². The van der Waals surface area contributed by atoms with Crippen molar-refractivity contribution in [3.8, 4) is 11.5 Å². The minimum atomic E-state index is -1.26. The summed E-state index contributed by atoms with van der Waals surface area (Å²) in [5.74, 6) is 1.35. The molecule has 5 rings (SSSR count). The van der Waals surface area contributed by atoms with Crippen molar-refractivity contribution in [2.75, 3.05) is 20.8 Å². The van der Waals surface area contributed by atoms with Crippen LogP contribution in [0.25, 0.3) is 0 Å². The number of aryl methyl sites for hydroxylation is 1. The van der Waals surface area contributed by atoms with Gasteiger partial charge in [0.2, 0.25) is 0 Å². The zero-order chi connectivity index (χ0) is 30.1. The summed E-state index contributed by atoms with van der Waals surface area (Å²) in [6, 6.07) is 24.8. The molecule has 0 aliphatic carbocycles. The second-order valence-corrected chi connectivity index (χ2v) is 10.5. The number of aromatic nitrogens is 2. The molecule has 3 aromatic carbocycles. The normalized spacial score (nSPS) is 20.4. The predicted molar refractivity (Wildman–Crippen MR) is 154 cm³/mol. The van der Waals surface area contributed by atoms with Gasteiger partial charge in [0.25, 0.3) is 5.56 Å². The van der Waals surface area contributed by atoms with Crippen molar-refractivity contribution < 1.29 is 29.3 Å². The first-order chi connectivity index (χ1) is 20.2. The van der Waals surface area contributed by atoms with Crippen molar-refractivity contribution in [1.82, 2.24) is 9.30 Å². The van der Waals surface area contributed by atoms with Crippen LogP contribution in [0.4, 0.5) is 0 Å². The molecule has 0 saturated carbocycles. The van der Waals surface area contributed by atoms with Crippen LogP contribution in [0.3, 0.4) is 0 Å². The van der Waals surface area contributed by atoms with Gasteiger partial charge >= 0.3 is 5.69 Å². The molecule has 1 unspecified atom stereocenters. The average molecular weight is 575 g/mol. The summed E-state index contributed by atoms with van der Waals surface area (Å²) in [7, 11) is 3.20. The quantitative estimate of drug-likeness (QED) is 0.230. The highest BCUT2D eigenvalue weighted by Gasteiger charge is 2.52. The number of aliphatic hydroxyl groups is 1. The molecule has 1 aromatic heterocycles. The molecule has 4 aromatic rings. The first-order valence-corrected chi connectivity index (χ1v) is 13.5. The van der Waals surface area contributed by atoms with Crippen molar-refractivity contribution in [2.24, 2.45) is 0 Å². The van der Waals surface area contributed by atoms with Gasteiger partial charge in [-0.15, -0.1) is 0 Å². The van der Waals surface area contributed by atoms with E-state index in [-0.39, 0.29) is 16.7 Å². The fourth-order valence-corrected chi connectivity index (χ4v) is 5.48. The van der Waals surface area contributed by atoms with Gasteiger partial charge in [-0.05, 0) is 54.8 Å². The topological polar surface area (TPSA) is 121 Å². The predicted octanol–water partition coefficient (Wildman–Crippen LogP) is 3.62. The molecule has 10 nitrogen and oxygen atoms in total. The fraction of sp³-hybridized carbons (Fsp3) is 0.312. The molecule has 3 atom stereocenters. The van der Waals surface area contributed by atoms with Crippen LogP contribution in [0, 0.1) is 6.92 Å². The molecule has 0 bridgehead atoms. The third-order valence-electron chi connectivity index (χ3n) is 7.88. The first-order valence-electron chi connectivity index (χ1n) is 13.5. The number of rotatable bonds is 9. The second-order valence-electron chi connectivity index (χ2n) is 10.5. The van der Waals surface area contributed by atoms with Crippen LogP contribution in [0.5, 0.6) is 11.5 Å². The molecule has 0 radical (unpaired) electrons. The zero-order valence-electron chi connectivity index (χ0n) is 23.9. The molecule has 220 valence electrons. The number of hydrogen-bond donors (Lipinski definition) is 2. The number of hydrogen-bond acceptors (Lipinski definition) is 8. The smallest absolute Gasteiger partial charge is 0.366 e. The Balaban J connectivity index is 1.69. The molecule has 42 heavy (non-hydrogen) atoms. The van der Waals surface area contributed by atoms with Gasteiger partial charge in [-0.1, -0.05) is 59.3 Å². The Morgan fingerprint density at radius 2 is 1.43 bits per heavy atom. The first kappa shape index (κ1) is 29.1. The Morgan fingerprint density at radius 3 is 1.93 bits per heavy atom. The molecule has 0 spiro atoms. The van der Waals surface area contributed by atoms with Crippen LogP contribution in [-0.2, 0) is 15.1 Å². The Labute approximate surface area is 242 Å². The van der Waals surface area contributed by atoms with E-state index in [4.69, 9.17) is 18.9 Å². The Kier molecular flexibility index (Phi) is 7.96. The number of aliphatic hydroxyl groups excluding tert-OH is 1. The molecular formula is C32H34N2O8. The van der Waals surface area contributed by atoms with Crippen molar-refractivity contribution in [3.05, 3.63) is 128 Å². The summed E-state index contributed by atoms with van der Waals surface area (Å²) >= 11 is 0. The number of nitrogens with zero attached hydrogens (tertiary/aromatic N) is 2. The molecule has 2 heterocycles. The van der Waals surface area contributed by atoms with Crippen molar-refractivity contribution >= 4 is 0 Å². The highest BCUT2D eigenvalue weighted by atomic mass is 16.6. The van der Waals surface area contributed by atoms with E-state index in [2.05, 4.69) is 0 Å². The summed E-state index contributed by atoms with van der Waals surface area (Å²) in [4.78, 5) is 25.0. The molecule has 0 amide bonds. The van der Waals surface area contributed by atoms with Crippen LogP contribution in [0.2, 0.25) is 0 Å². The van der Waals surface area contributed by atoms with Crippen LogP contribution >= 0.6 is 0 Å². The Bertz CT molecular complexity index is 1600. The van der Waals surface area contributed by atoms with Crippen molar-refractivity contribution in [1.29, 1.82) is 0 Å². The molecule has 1 fully saturated rings. The third kappa shape index (κ3) is 4.98.